The molecule has 1 amide bonds. The zero-order chi connectivity index (χ0) is 15.7. The number of nitrogens with zero attached hydrogens (tertiary/aromatic N) is 1. The number of hydrogen-bond donors (Lipinski definition) is 1. The van der Waals surface area contributed by atoms with E-state index in [-0.39, 0.29) is 12.0 Å². The van der Waals surface area contributed by atoms with Crippen molar-refractivity contribution in [3.63, 3.8) is 0 Å². The highest BCUT2D eigenvalue weighted by atomic mass is 16.5. The highest BCUT2D eigenvalue weighted by Gasteiger charge is 2.47. The summed E-state index contributed by atoms with van der Waals surface area (Å²) in [5.41, 5.74) is 7.13. The predicted octanol–water partition coefficient (Wildman–Crippen LogP) is 2.38. The Morgan fingerprint density at radius 2 is 2.27 bits per heavy atom. The molecule has 1 aliphatic heterocycles. The first-order valence-corrected chi connectivity index (χ1v) is 8.30. The first kappa shape index (κ1) is 15.3. The third-order valence-corrected chi connectivity index (χ3v) is 5.27. The molecule has 2 aliphatic rings. The molecule has 1 aromatic rings. The van der Waals surface area contributed by atoms with Crippen LogP contribution in [0.2, 0.25) is 0 Å². The molecule has 0 spiro atoms. The summed E-state index contributed by atoms with van der Waals surface area (Å²) < 4.78 is 5.28. The second kappa shape index (κ2) is 6.29. The van der Waals surface area contributed by atoms with Crippen LogP contribution in [0.4, 0.5) is 0 Å². The van der Waals surface area contributed by atoms with Crippen LogP contribution in [-0.2, 0) is 4.79 Å². The minimum Gasteiger partial charge on any atom is -0.497 e. The molecule has 0 aromatic heterocycles. The van der Waals surface area contributed by atoms with Gasteiger partial charge in [-0.15, -0.1) is 0 Å². The van der Waals surface area contributed by atoms with E-state index < -0.39 is 0 Å². The molecule has 2 N–H and O–H groups in total. The highest BCUT2D eigenvalue weighted by molar-refractivity contribution is 5.83. The fourth-order valence-electron chi connectivity index (χ4n) is 3.80. The largest absolute Gasteiger partial charge is 0.497 e. The van der Waals surface area contributed by atoms with Gasteiger partial charge in [0.15, 0.2) is 0 Å². The molecular weight excluding hydrogens is 276 g/mol. The van der Waals surface area contributed by atoms with E-state index in [4.69, 9.17) is 10.5 Å². The first-order valence-electron chi connectivity index (χ1n) is 8.30. The fraction of sp³-hybridized carbons (Fsp3) is 0.611. The van der Waals surface area contributed by atoms with Gasteiger partial charge < -0.3 is 15.4 Å². The number of rotatable bonds is 4. The molecule has 1 saturated carbocycles. The molecule has 1 aromatic carbocycles. The van der Waals surface area contributed by atoms with Gasteiger partial charge >= 0.3 is 0 Å². The van der Waals surface area contributed by atoms with Crippen molar-refractivity contribution in [3.8, 4) is 5.75 Å². The lowest BCUT2D eigenvalue weighted by Gasteiger charge is -2.39. The second-order valence-corrected chi connectivity index (χ2v) is 6.68. The summed E-state index contributed by atoms with van der Waals surface area (Å²) in [5.74, 6) is 2.15. The third-order valence-electron chi connectivity index (χ3n) is 5.27. The van der Waals surface area contributed by atoms with Crippen molar-refractivity contribution in [2.24, 2.45) is 17.6 Å². The predicted molar refractivity (Wildman–Crippen MR) is 86.8 cm³/mol. The maximum Gasteiger partial charge on any atom is 0.226 e. The van der Waals surface area contributed by atoms with Gasteiger partial charge in [0, 0.05) is 25.0 Å². The van der Waals surface area contributed by atoms with Crippen molar-refractivity contribution >= 4 is 5.91 Å². The summed E-state index contributed by atoms with van der Waals surface area (Å²) in [4.78, 5) is 14.9. The van der Waals surface area contributed by atoms with Crippen LogP contribution in [0.5, 0.6) is 5.75 Å². The van der Waals surface area contributed by atoms with E-state index in [1.54, 1.807) is 7.11 Å². The van der Waals surface area contributed by atoms with E-state index in [9.17, 15) is 4.79 Å². The lowest BCUT2D eigenvalue weighted by molar-refractivity contribution is -0.137. The number of amides is 1. The Morgan fingerprint density at radius 3 is 3.00 bits per heavy atom. The average molecular weight is 302 g/mol. The van der Waals surface area contributed by atoms with E-state index in [1.807, 2.05) is 12.1 Å². The van der Waals surface area contributed by atoms with Gasteiger partial charge in [-0.1, -0.05) is 19.1 Å². The molecule has 2 fully saturated rings. The van der Waals surface area contributed by atoms with Gasteiger partial charge in [-0.3, -0.25) is 4.79 Å². The van der Waals surface area contributed by atoms with E-state index >= 15 is 0 Å². The van der Waals surface area contributed by atoms with Crippen molar-refractivity contribution in [2.75, 3.05) is 20.2 Å². The summed E-state index contributed by atoms with van der Waals surface area (Å²) >= 11 is 0. The van der Waals surface area contributed by atoms with Gasteiger partial charge in [0.1, 0.15) is 5.75 Å². The summed E-state index contributed by atoms with van der Waals surface area (Å²) in [6, 6.07) is 8.31. The normalized spacial score (nSPS) is 31.0. The molecule has 4 nitrogen and oxygen atoms in total. The SMILES string of the molecule is COc1cccc([C@@H]2C[C@@H]2C(=O)N2CCC[C@H](C)[C@H]2CN)c1. The molecule has 0 unspecified atom stereocenters. The van der Waals surface area contributed by atoms with E-state index in [0.717, 1.165) is 25.1 Å². The molecule has 3 rings (SSSR count). The van der Waals surface area contributed by atoms with Gasteiger partial charge in [-0.25, -0.2) is 0 Å². The molecule has 4 atom stereocenters. The van der Waals surface area contributed by atoms with Crippen molar-refractivity contribution in [2.45, 2.75) is 38.1 Å². The van der Waals surface area contributed by atoms with Crippen LogP contribution in [0.1, 0.15) is 37.7 Å². The summed E-state index contributed by atoms with van der Waals surface area (Å²) in [5, 5.41) is 0. The first-order chi connectivity index (χ1) is 10.7. The fourth-order valence-corrected chi connectivity index (χ4v) is 3.80. The summed E-state index contributed by atoms with van der Waals surface area (Å²) in [6.07, 6.45) is 3.23. The maximum atomic E-state index is 12.9. The maximum absolute atomic E-state index is 12.9. The summed E-state index contributed by atoms with van der Waals surface area (Å²) in [7, 11) is 1.68. The molecule has 22 heavy (non-hydrogen) atoms. The highest BCUT2D eigenvalue weighted by Crippen LogP contribution is 2.49. The van der Waals surface area contributed by atoms with Crippen molar-refractivity contribution in [3.05, 3.63) is 29.8 Å². The van der Waals surface area contributed by atoms with Crippen molar-refractivity contribution in [1.82, 2.24) is 4.90 Å². The molecule has 0 bridgehead atoms. The van der Waals surface area contributed by atoms with E-state index in [0.29, 0.717) is 24.3 Å². The Balaban J connectivity index is 1.69. The number of nitrogens with two attached hydrogens (primary N) is 1. The minimum absolute atomic E-state index is 0.131. The van der Waals surface area contributed by atoms with Crippen LogP contribution in [0.15, 0.2) is 24.3 Å². The number of carbonyl (C=O) groups is 1. The van der Waals surface area contributed by atoms with E-state index in [2.05, 4.69) is 24.0 Å². The Kier molecular flexibility index (Phi) is 4.39. The topological polar surface area (TPSA) is 55.6 Å². The molecule has 1 aliphatic carbocycles. The molecule has 0 radical (unpaired) electrons. The van der Waals surface area contributed by atoms with Crippen LogP contribution < -0.4 is 10.5 Å². The number of carbonyl (C=O) groups excluding carboxylic acids is 1. The third kappa shape index (κ3) is 2.84. The van der Waals surface area contributed by atoms with Crippen LogP contribution in [0.25, 0.3) is 0 Å². The number of likely N-dealkylation sites (tertiary alicyclic amines) is 1. The monoisotopic (exact) mass is 302 g/mol. The second-order valence-electron chi connectivity index (χ2n) is 6.68. The van der Waals surface area contributed by atoms with E-state index in [1.165, 1.54) is 12.0 Å². The van der Waals surface area contributed by atoms with Crippen LogP contribution in [-0.4, -0.2) is 37.0 Å². The van der Waals surface area contributed by atoms with Crippen LogP contribution >= 0.6 is 0 Å². The van der Waals surface area contributed by atoms with Gasteiger partial charge in [0.2, 0.25) is 5.91 Å². The number of ether oxygens (including phenoxy) is 1. The lowest BCUT2D eigenvalue weighted by atomic mass is 9.90. The van der Waals surface area contributed by atoms with Crippen molar-refractivity contribution in [1.29, 1.82) is 0 Å². The number of methoxy groups -OCH3 is 1. The molecule has 4 heteroatoms. The average Bonchev–Trinajstić information content (AvgIpc) is 3.34. The van der Waals surface area contributed by atoms with Gasteiger partial charge in [0.25, 0.3) is 0 Å². The van der Waals surface area contributed by atoms with Crippen LogP contribution in [0, 0.1) is 11.8 Å². The molecule has 120 valence electrons. The standard InChI is InChI=1S/C18H26N2O2/c1-12-5-4-8-20(17(12)11-19)18(21)16-10-15(16)13-6-3-7-14(9-13)22-2/h3,6-7,9,12,15-17H,4-5,8,10-11,19H2,1-2H3/t12-,15-,16-,17+/m0/s1. The smallest absolute Gasteiger partial charge is 0.226 e. The number of piperidine rings is 1. The number of benzene rings is 1. The van der Waals surface area contributed by atoms with Crippen LogP contribution in [0.3, 0.4) is 0 Å². The van der Waals surface area contributed by atoms with Crippen molar-refractivity contribution < 1.29 is 9.53 Å². The molecule has 1 saturated heterocycles. The van der Waals surface area contributed by atoms with Gasteiger partial charge in [-0.2, -0.15) is 0 Å². The Hall–Kier alpha value is -1.55. The molecular formula is C18H26N2O2. The zero-order valence-corrected chi connectivity index (χ0v) is 13.5. The Bertz CT molecular complexity index is 546. The lowest BCUT2D eigenvalue weighted by Crippen LogP contribution is -2.52. The quantitative estimate of drug-likeness (QED) is 0.929. The molecule has 1 heterocycles. The van der Waals surface area contributed by atoms with Gasteiger partial charge in [0.05, 0.1) is 7.11 Å². The number of hydrogen-bond acceptors (Lipinski definition) is 3. The zero-order valence-electron chi connectivity index (χ0n) is 13.5. The minimum atomic E-state index is 0.131. The Labute approximate surface area is 132 Å². The Morgan fingerprint density at radius 1 is 1.45 bits per heavy atom. The summed E-state index contributed by atoms with van der Waals surface area (Å²) in [6.45, 7) is 3.65. The van der Waals surface area contributed by atoms with Gasteiger partial charge in [-0.05, 0) is 48.8 Å².